The van der Waals surface area contributed by atoms with Gasteiger partial charge in [0.15, 0.2) is 0 Å². The molecule has 2 fully saturated rings. The average Bonchev–Trinajstić information content (AvgIpc) is 2.51. The maximum Gasteiger partial charge on any atom is 0.384 e. The summed E-state index contributed by atoms with van der Waals surface area (Å²) in [4.78, 5) is 11.3. The van der Waals surface area contributed by atoms with Crippen molar-refractivity contribution in [3.8, 4) is 11.8 Å². The van der Waals surface area contributed by atoms with Crippen LogP contribution in [-0.2, 0) is 14.3 Å². The highest BCUT2D eigenvalue weighted by atomic mass is 16.5. The van der Waals surface area contributed by atoms with E-state index < -0.39 is 17.2 Å². The van der Waals surface area contributed by atoms with Crippen LogP contribution in [0.1, 0.15) is 45.4 Å². The molecule has 0 aromatic heterocycles. The van der Waals surface area contributed by atoms with E-state index >= 15 is 0 Å². The van der Waals surface area contributed by atoms with E-state index in [4.69, 9.17) is 4.74 Å². The molecule has 2 aliphatic rings. The molecule has 3 atom stereocenters. The minimum Gasteiger partial charge on any atom is -0.459 e. The Kier molecular flexibility index (Phi) is 4.75. The molecule has 0 amide bonds. The van der Waals surface area contributed by atoms with E-state index in [9.17, 15) is 9.90 Å². The van der Waals surface area contributed by atoms with Gasteiger partial charge < -0.3 is 14.6 Å². The molecule has 1 N–H and O–H groups in total. The molecule has 2 aliphatic carbocycles. The molecule has 2 rings (SSSR count). The maximum absolute atomic E-state index is 11.5. The molecule has 0 aromatic carbocycles. The number of rotatable bonds is 1. The Balaban J connectivity index is 2.45. The van der Waals surface area contributed by atoms with E-state index in [1.165, 1.54) is 7.11 Å². The molecule has 0 aliphatic heterocycles. The van der Waals surface area contributed by atoms with Crippen molar-refractivity contribution in [3.63, 3.8) is 0 Å². The van der Waals surface area contributed by atoms with Crippen LogP contribution in [0, 0.1) is 17.8 Å². The minimum atomic E-state index is -1.10. The minimum absolute atomic E-state index is 0.295. The summed E-state index contributed by atoms with van der Waals surface area (Å²) in [6, 6.07) is 0. The lowest BCUT2D eigenvalue weighted by molar-refractivity contribution is -0.201. The normalized spacial score (nSPS) is 37.3. The number of hydrogen-bond acceptors (Lipinski definition) is 4. The third kappa shape index (κ3) is 2.49. The van der Waals surface area contributed by atoms with Crippen LogP contribution in [0.15, 0.2) is 11.6 Å². The molecule has 116 valence electrons. The highest BCUT2D eigenvalue weighted by Gasteiger charge is 2.60. The molecule has 0 radical (unpaired) electrons. The van der Waals surface area contributed by atoms with Gasteiger partial charge in [-0.1, -0.05) is 12.0 Å². The third-order valence-electron chi connectivity index (χ3n) is 5.06. The van der Waals surface area contributed by atoms with Crippen LogP contribution in [0.4, 0.5) is 0 Å². The van der Waals surface area contributed by atoms with E-state index in [1.807, 2.05) is 13.0 Å². The van der Waals surface area contributed by atoms with Crippen molar-refractivity contribution in [1.29, 1.82) is 0 Å². The summed E-state index contributed by atoms with van der Waals surface area (Å²) in [5.74, 6) is 4.57. The summed E-state index contributed by atoms with van der Waals surface area (Å²) in [6.07, 6.45) is 7.20. The number of aliphatic hydroxyl groups is 1. The van der Waals surface area contributed by atoms with Crippen LogP contribution < -0.4 is 0 Å². The Labute approximate surface area is 126 Å². The van der Waals surface area contributed by atoms with Gasteiger partial charge in [-0.25, -0.2) is 4.79 Å². The van der Waals surface area contributed by atoms with Gasteiger partial charge >= 0.3 is 5.97 Å². The van der Waals surface area contributed by atoms with Gasteiger partial charge in [-0.3, -0.25) is 0 Å². The zero-order valence-corrected chi connectivity index (χ0v) is 13.1. The zero-order valence-electron chi connectivity index (χ0n) is 13.1. The second kappa shape index (κ2) is 6.21. The van der Waals surface area contributed by atoms with Crippen molar-refractivity contribution in [1.82, 2.24) is 0 Å². The summed E-state index contributed by atoms with van der Waals surface area (Å²) < 4.78 is 10.4. The Bertz CT molecular complexity index is 495. The molecule has 0 heterocycles. The van der Waals surface area contributed by atoms with Crippen LogP contribution in [0.25, 0.3) is 0 Å². The molecule has 4 heteroatoms. The first-order valence-corrected chi connectivity index (χ1v) is 7.56. The van der Waals surface area contributed by atoms with Gasteiger partial charge in [-0.05, 0) is 51.0 Å². The zero-order chi connectivity index (χ0) is 15.5. The van der Waals surface area contributed by atoms with Crippen LogP contribution in [0.5, 0.6) is 0 Å². The highest BCUT2D eigenvalue weighted by molar-refractivity contribution is 5.88. The van der Waals surface area contributed by atoms with Crippen molar-refractivity contribution in [2.75, 3.05) is 14.2 Å². The Hall–Kier alpha value is -1.31. The number of esters is 1. The number of allylic oxidation sites excluding steroid dienone is 1. The van der Waals surface area contributed by atoms with Crippen molar-refractivity contribution in [3.05, 3.63) is 11.6 Å². The van der Waals surface area contributed by atoms with Crippen LogP contribution in [0.3, 0.4) is 0 Å². The molecule has 2 saturated carbocycles. The number of ether oxygens (including phenoxy) is 2. The standard InChI is InChI=1S/C17H24O4/c1-4-13-7-5-11-16(21-3)12-6-8-14(17(13,16)19)9-10-15(18)20-2/h4,14,19H,5-8,11-12H2,1-3H3/b13-4+/t14-,16+,17+/m0/s1. The fraction of sp³-hybridized carbons (Fsp3) is 0.706. The maximum atomic E-state index is 11.5. The van der Waals surface area contributed by atoms with E-state index in [-0.39, 0.29) is 5.92 Å². The largest absolute Gasteiger partial charge is 0.459 e. The third-order valence-corrected chi connectivity index (χ3v) is 5.06. The first-order valence-electron chi connectivity index (χ1n) is 7.56. The summed E-state index contributed by atoms with van der Waals surface area (Å²) in [5, 5.41) is 11.5. The number of methoxy groups -OCH3 is 2. The lowest BCUT2D eigenvalue weighted by Crippen LogP contribution is -2.64. The first kappa shape index (κ1) is 16.1. The Morgan fingerprint density at radius 3 is 2.71 bits per heavy atom. The summed E-state index contributed by atoms with van der Waals surface area (Å²) in [6.45, 7) is 1.94. The number of fused-ring (bicyclic) bond motifs is 1. The quantitative estimate of drug-likeness (QED) is 0.348. The first-order chi connectivity index (χ1) is 10.0. The average molecular weight is 292 g/mol. The molecule has 0 saturated heterocycles. The second-order valence-corrected chi connectivity index (χ2v) is 5.84. The van der Waals surface area contributed by atoms with Gasteiger partial charge in [0, 0.05) is 13.0 Å². The van der Waals surface area contributed by atoms with E-state index in [0.29, 0.717) is 0 Å². The molecule has 0 aromatic rings. The predicted molar refractivity (Wildman–Crippen MR) is 79.4 cm³/mol. The van der Waals surface area contributed by atoms with Gasteiger partial charge in [0.1, 0.15) is 11.2 Å². The number of carbonyl (C=O) groups is 1. The highest BCUT2D eigenvalue weighted by Crippen LogP contribution is 2.53. The van der Waals surface area contributed by atoms with Gasteiger partial charge in [0.05, 0.1) is 13.0 Å². The fourth-order valence-electron chi connectivity index (χ4n) is 3.99. The Morgan fingerprint density at radius 2 is 2.10 bits per heavy atom. The van der Waals surface area contributed by atoms with E-state index in [2.05, 4.69) is 16.6 Å². The fourth-order valence-corrected chi connectivity index (χ4v) is 3.99. The monoisotopic (exact) mass is 292 g/mol. The molecule has 21 heavy (non-hydrogen) atoms. The van der Waals surface area contributed by atoms with E-state index in [0.717, 1.165) is 44.1 Å². The van der Waals surface area contributed by atoms with Gasteiger partial charge in [-0.15, -0.1) is 0 Å². The van der Waals surface area contributed by atoms with Crippen molar-refractivity contribution >= 4 is 5.97 Å². The van der Waals surface area contributed by atoms with Gasteiger partial charge in [0.2, 0.25) is 0 Å². The molecule has 0 bridgehead atoms. The molecule has 4 nitrogen and oxygen atoms in total. The second-order valence-electron chi connectivity index (χ2n) is 5.84. The molecule has 0 unspecified atom stereocenters. The number of carbonyl (C=O) groups excluding carboxylic acids is 1. The van der Waals surface area contributed by atoms with Crippen molar-refractivity contribution in [2.24, 2.45) is 5.92 Å². The van der Waals surface area contributed by atoms with Crippen LogP contribution in [-0.4, -0.2) is 36.5 Å². The van der Waals surface area contributed by atoms with Crippen LogP contribution in [0.2, 0.25) is 0 Å². The number of hydrogen-bond donors (Lipinski definition) is 1. The van der Waals surface area contributed by atoms with E-state index in [1.54, 1.807) is 7.11 Å². The van der Waals surface area contributed by atoms with Gasteiger partial charge in [0.25, 0.3) is 0 Å². The lowest BCUT2D eigenvalue weighted by atomic mass is 9.57. The summed E-state index contributed by atoms with van der Waals surface area (Å²) in [5.41, 5.74) is -0.700. The predicted octanol–water partition coefficient (Wildman–Crippen LogP) is 2.21. The summed E-state index contributed by atoms with van der Waals surface area (Å²) in [7, 11) is 2.98. The molecule has 0 spiro atoms. The summed E-state index contributed by atoms with van der Waals surface area (Å²) >= 11 is 0. The SMILES string of the molecule is C/C=C1\CCC[C@@]2(OC)CCC[C@@H](C#CC(=O)OC)[C@]12O. The van der Waals surface area contributed by atoms with Crippen molar-refractivity contribution < 1.29 is 19.4 Å². The van der Waals surface area contributed by atoms with Gasteiger partial charge in [-0.2, -0.15) is 0 Å². The smallest absolute Gasteiger partial charge is 0.384 e. The van der Waals surface area contributed by atoms with Crippen molar-refractivity contribution in [2.45, 2.75) is 56.7 Å². The topological polar surface area (TPSA) is 55.8 Å². The Morgan fingerprint density at radius 1 is 1.38 bits per heavy atom. The van der Waals surface area contributed by atoms with Crippen LogP contribution >= 0.6 is 0 Å². The molecular formula is C17H24O4. The lowest BCUT2D eigenvalue weighted by Gasteiger charge is -2.56. The molecular weight excluding hydrogens is 268 g/mol.